The van der Waals surface area contributed by atoms with Gasteiger partial charge in [-0.1, -0.05) is 36.4 Å². The van der Waals surface area contributed by atoms with Crippen molar-refractivity contribution in [1.82, 2.24) is 0 Å². The lowest BCUT2D eigenvalue weighted by molar-refractivity contribution is 0.628. The number of fused-ring (bicyclic) bond motifs is 1. The molecule has 3 aromatic rings. The average Bonchev–Trinajstić information content (AvgIpc) is 2.84. The van der Waals surface area contributed by atoms with Crippen LogP contribution >= 0.6 is 0 Å². The average molecular weight is 251 g/mol. The molecule has 2 aromatic carbocycles. The van der Waals surface area contributed by atoms with Gasteiger partial charge < -0.3 is 10.2 Å². The van der Waals surface area contributed by atoms with Crippen molar-refractivity contribution in [2.75, 3.05) is 0 Å². The standard InChI is InChI=1S/C17H17NO/c1-11-5-3-8-15-10-16(19-17(11)15)14-7-4-6-13(9-14)12(2)18/h3-10,12H,18H2,1-2H3. The van der Waals surface area contributed by atoms with E-state index in [2.05, 4.69) is 43.3 Å². The number of aryl methyl sites for hydroxylation is 1. The molecular weight excluding hydrogens is 234 g/mol. The molecule has 0 fully saturated rings. The Bertz CT molecular complexity index is 725. The number of nitrogens with two attached hydrogens (primary N) is 1. The third-order valence-corrected chi connectivity index (χ3v) is 3.44. The van der Waals surface area contributed by atoms with Crippen molar-refractivity contribution < 1.29 is 4.42 Å². The van der Waals surface area contributed by atoms with Crippen LogP contribution in [0, 0.1) is 6.92 Å². The van der Waals surface area contributed by atoms with Crippen LogP contribution in [0.25, 0.3) is 22.3 Å². The van der Waals surface area contributed by atoms with E-state index in [1.807, 2.05) is 19.1 Å². The molecule has 0 spiro atoms. The Morgan fingerprint density at radius 1 is 1.05 bits per heavy atom. The van der Waals surface area contributed by atoms with Gasteiger partial charge in [-0.15, -0.1) is 0 Å². The first-order valence-electron chi connectivity index (χ1n) is 6.50. The molecule has 0 amide bonds. The molecule has 0 aliphatic heterocycles. The lowest BCUT2D eigenvalue weighted by atomic mass is 10.0. The molecule has 1 heterocycles. The first-order valence-corrected chi connectivity index (χ1v) is 6.50. The maximum atomic E-state index is 5.98. The molecule has 19 heavy (non-hydrogen) atoms. The molecule has 0 saturated heterocycles. The van der Waals surface area contributed by atoms with Gasteiger partial charge in [0, 0.05) is 17.0 Å². The number of hydrogen-bond acceptors (Lipinski definition) is 2. The van der Waals surface area contributed by atoms with E-state index in [1.54, 1.807) is 0 Å². The van der Waals surface area contributed by atoms with E-state index in [-0.39, 0.29) is 6.04 Å². The SMILES string of the molecule is Cc1cccc2cc(-c3cccc(C(C)N)c3)oc12. The van der Waals surface area contributed by atoms with Crippen LogP contribution in [0.15, 0.2) is 52.9 Å². The topological polar surface area (TPSA) is 39.2 Å². The molecule has 0 aliphatic carbocycles. The molecular formula is C17H17NO. The van der Waals surface area contributed by atoms with Gasteiger partial charge in [0.15, 0.2) is 0 Å². The normalized spacial score (nSPS) is 12.8. The van der Waals surface area contributed by atoms with Crippen molar-refractivity contribution in [2.45, 2.75) is 19.9 Å². The van der Waals surface area contributed by atoms with Crippen LogP contribution in [-0.4, -0.2) is 0 Å². The Morgan fingerprint density at radius 3 is 2.58 bits per heavy atom. The van der Waals surface area contributed by atoms with E-state index in [0.717, 1.165) is 33.4 Å². The van der Waals surface area contributed by atoms with Crippen LogP contribution < -0.4 is 5.73 Å². The Balaban J connectivity index is 2.14. The summed E-state index contributed by atoms with van der Waals surface area (Å²) in [5.74, 6) is 0.895. The lowest BCUT2D eigenvalue weighted by Crippen LogP contribution is -2.04. The molecule has 1 atom stereocenters. The van der Waals surface area contributed by atoms with E-state index in [4.69, 9.17) is 10.2 Å². The maximum absolute atomic E-state index is 5.98. The zero-order chi connectivity index (χ0) is 13.4. The third-order valence-electron chi connectivity index (χ3n) is 3.44. The molecule has 96 valence electrons. The fraction of sp³-hybridized carbons (Fsp3) is 0.176. The summed E-state index contributed by atoms with van der Waals surface area (Å²) in [5, 5.41) is 1.14. The lowest BCUT2D eigenvalue weighted by Gasteiger charge is -2.06. The summed E-state index contributed by atoms with van der Waals surface area (Å²) in [7, 11) is 0. The summed E-state index contributed by atoms with van der Waals surface area (Å²) in [6, 6.07) is 16.5. The van der Waals surface area contributed by atoms with Gasteiger partial charge in [0.25, 0.3) is 0 Å². The van der Waals surface area contributed by atoms with Gasteiger partial charge in [-0.2, -0.15) is 0 Å². The van der Waals surface area contributed by atoms with E-state index < -0.39 is 0 Å². The van der Waals surface area contributed by atoms with Crippen molar-refractivity contribution >= 4 is 11.0 Å². The zero-order valence-electron chi connectivity index (χ0n) is 11.2. The monoisotopic (exact) mass is 251 g/mol. The Hall–Kier alpha value is -2.06. The molecule has 2 heteroatoms. The van der Waals surface area contributed by atoms with E-state index in [0.29, 0.717) is 0 Å². The van der Waals surface area contributed by atoms with Crippen molar-refractivity contribution in [3.8, 4) is 11.3 Å². The molecule has 1 aromatic heterocycles. The first kappa shape index (κ1) is 12.0. The molecule has 2 N–H and O–H groups in total. The highest BCUT2D eigenvalue weighted by molar-refractivity contribution is 5.85. The van der Waals surface area contributed by atoms with Crippen LogP contribution in [0.1, 0.15) is 24.1 Å². The van der Waals surface area contributed by atoms with E-state index >= 15 is 0 Å². The van der Waals surface area contributed by atoms with Gasteiger partial charge in [0.05, 0.1) is 0 Å². The predicted octanol–water partition coefficient (Wildman–Crippen LogP) is 4.43. The second-order valence-electron chi connectivity index (χ2n) is 5.02. The molecule has 0 bridgehead atoms. The van der Waals surface area contributed by atoms with Crippen molar-refractivity contribution in [2.24, 2.45) is 5.73 Å². The number of benzene rings is 2. The summed E-state index contributed by atoms with van der Waals surface area (Å²) < 4.78 is 5.98. The fourth-order valence-electron chi connectivity index (χ4n) is 2.33. The maximum Gasteiger partial charge on any atom is 0.137 e. The highest BCUT2D eigenvalue weighted by Gasteiger charge is 2.09. The van der Waals surface area contributed by atoms with Gasteiger partial charge in [0.2, 0.25) is 0 Å². The quantitative estimate of drug-likeness (QED) is 0.731. The van der Waals surface area contributed by atoms with Gasteiger partial charge in [-0.3, -0.25) is 0 Å². The van der Waals surface area contributed by atoms with Crippen LogP contribution in [-0.2, 0) is 0 Å². The number of furan rings is 1. The van der Waals surface area contributed by atoms with E-state index in [1.165, 1.54) is 0 Å². The third kappa shape index (κ3) is 2.15. The van der Waals surface area contributed by atoms with Gasteiger partial charge in [-0.25, -0.2) is 0 Å². The zero-order valence-corrected chi connectivity index (χ0v) is 11.2. The van der Waals surface area contributed by atoms with Crippen LogP contribution in [0.4, 0.5) is 0 Å². The summed E-state index contributed by atoms with van der Waals surface area (Å²) in [5.41, 5.74) is 10.2. The molecule has 3 rings (SSSR count). The van der Waals surface area contributed by atoms with Crippen LogP contribution in [0.5, 0.6) is 0 Å². The minimum absolute atomic E-state index is 0.0334. The minimum Gasteiger partial charge on any atom is -0.456 e. The predicted molar refractivity (Wildman–Crippen MR) is 79.0 cm³/mol. The number of para-hydroxylation sites is 1. The highest BCUT2D eigenvalue weighted by atomic mass is 16.3. The molecule has 1 unspecified atom stereocenters. The van der Waals surface area contributed by atoms with Crippen molar-refractivity contribution in [3.63, 3.8) is 0 Å². The molecule has 0 saturated carbocycles. The van der Waals surface area contributed by atoms with Crippen LogP contribution in [0.2, 0.25) is 0 Å². The first-order chi connectivity index (χ1) is 9.15. The Kier molecular flexibility index (Phi) is 2.88. The Labute approximate surface area is 112 Å². The fourth-order valence-corrected chi connectivity index (χ4v) is 2.33. The second-order valence-corrected chi connectivity index (χ2v) is 5.02. The minimum atomic E-state index is 0.0334. The summed E-state index contributed by atoms with van der Waals surface area (Å²) in [6.45, 7) is 4.05. The number of rotatable bonds is 2. The second kappa shape index (κ2) is 4.56. The largest absolute Gasteiger partial charge is 0.456 e. The molecule has 2 nitrogen and oxygen atoms in total. The Morgan fingerprint density at radius 2 is 1.84 bits per heavy atom. The van der Waals surface area contributed by atoms with E-state index in [9.17, 15) is 0 Å². The highest BCUT2D eigenvalue weighted by Crippen LogP contribution is 2.30. The van der Waals surface area contributed by atoms with Crippen LogP contribution in [0.3, 0.4) is 0 Å². The molecule has 0 radical (unpaired) electrons. The van der Waals surface area contributed by atoms with Crippen molar-refractivity contribution in [3.05, 3.63) is 59.7 Å². The summed E-state index contributed by atoms with van der Waals surface area (Å²) >= 11 is 0. The molecule has 0 aliphatic rings. The summed E-state index contributed by atoms with van der Waals surface area (Å²) in [6.07, 6.45) is 0. The number of hydrogen-bond donors (Lipinski definition) is 1. The smallest absolute Gasteiger partial charge is 0.137 e. The van der Waals surface area contributed by atoms with Crippen molar-refractivity contribution in [1.29, 1.82) is 0 Å². The summed E-state index contributed by atoms with van der Waals surface area (Å²) in [4.78, 5) is 0. The van der Waals surface area contributed by atoms with Gasteiger partial charge in [0.1, 0.15) is 11.3 Å². The van der Waals surface area contributed by atoms with Gasteiger partial charge in [-0.05, 0) is 37.1 Å². The van der Waals surface area contributed by atoms with Gasteiger partial charge >= 0.3 is 0 Å².